The molecule has 0 saturated carbocycles. The van der Waals surface area contributed by atoms with Crippen molar-refractivity contribution < 1.29 is 4.74 Å². The van der Waals surface area contributed by atoms with Crippen molar-refractivity contribution >= 4 is 11.3 Å². The lowest BCUT2D eigenvalue weighted by atomic mass is 10.1. The second kappa shape index (κ2) is 6.17. The molecular formula is C15H20N2OS. The summed E-state index contributed by atoms with van der Waals surface area (Å²) in [5, 5.41) is 1.11. The molecule has 1 unspecified atom stereocenters. The first-order chi connectivity index (χ1) is 9.15. The summed E-state index contributed by atoms with van der Waals surface area (Å²) in [7, 11) is 1.70. The monoisotopic (exact) mass is 276 g/mol. The fourth-order valence-electron chi connectivity index (χ4n) is 2.11. The van der Waals surface area contributed by atoms with E-state index in [-0.39, 0.29) is 6.04 Å². The van der Waals surface area contributed by atoms with Gasteiger partial charge >= 0.3 is 0 Å². The third kappa shape index (κ3) is 3.14. The number of para-hydroxylation sites is 1. The molecule has 4 heteroatoms. The van der Waals surface area contributed by atoms with E-state index in [1.807, 2.05) is 25.1 Å². The summed E-state index contributed by atoms with van der Waals surface area (Å²) in [5.41, 5.74) is 8.29. The van der Waals surface area contributed by atoms with Crippen LogP contribution in [-0.2, 0) is 12.8 Å². The molecule has 1 heterocycles. The highest BCUT2D eigenvalue weighted by Crippen LogP contribution is 2.28. The highest BCUT2D eigenvalue weighted by molar-refractivity contribution is 7.11. The second-order valence-corrected chi connectivity index (χ2v) is 5.66. The molecule has 0 aliphatic carbocycles. The third-order valence-electron chi connectivity index (χ3n) is 3.05. The summed E-state index contributed by atoms with van der Waals surface area (Å²) in [4.78, 5) is 5.90. The molecule has 3 nitrogen and oxygen atoms in total. The fourth-order valence-corrected chi connectivity index (χ4v) is 3.24. The zero-order valence-corrected chi connectivity index (χ0v) is 12.5. The number of aryl methyl sites for hydroxylation is 1. The Morgan fingerprint density at radius 3 is 2.68 bits per heavy atom. The van der Waals surface area contributed by atoms with E-state index in [1.54, 1.807) is 18.4 Å². The molecule has 0 aliphatic rings. The zero-order valence-electron chi connectivity index (χ0n) is 11.6. The second-order valence-electron chi connectivity index (χ2n) is 4.55. The number of rotatable bonds is 5. The Bertz CT molecular complexity index is 549. The predicted octanol–water partition coefficient (Wildman–Crippen LogP) is 3.32. The van der Waals surface area contributed by atoms with Gasteiger partial charge in [0.1, 0.15) is 5.75 Å². The largest absolute Gasteiger partial charge is 0.496 e. The first-order valence-electron chi connectivity index (χ1n) is 6.51. The fraction of sp³-hybridized carbons (Fsp3) is 0.400. The van der Waals surface area contributed by atoms with Crippen molar-refractivity contribution in [3.8, 4) is 5.75 Å². The third-order valence-corrected chi connectivity index (χ3v) is 4.35. The van der Waals surface area contributed by atoms with Gasteiger partial charge in [-0.1, -0.05) is 25.1 Å². The molecule has 2 rings (SSSR count). The van der Waals surface area contributed by atoms with Gasteiger partial charge in [-0.2, -0.15) is 0 Å². The van der Waals surface area contributed by atoms with Crippen molar-refractivity contribution in [2.24, 2.45) is 5.73 Å². The maximum absolute atomic E-state index is 6.00. The van der Waals surface area contributed by atoms with Crippen molar-refractivity contribution in [2.45, 2.75) is 32.7 Å². The van der Waals surface area contributed by atoms with E-state index in [4.69, 9.17) is 15.5 Å². The molecule has 0 radical (unpaired) electrons. The highest BCUT2D eigenvalue weighted by Gasteiger charge is 2.14. The minimum absolute atomic E-state index is 0.0545. The van der Waals surface area contributed by atoms with Crippen LogP contribution in [0.5, 0.6) is 5.75 Å². The van der Waals surface area contributed by atoms with E-state index in [1.165, 1.54) is 4.88 Å². The van der Waals surface area contributed by atoms with Gasteiger partial charge in [-0.3, -0.25) is 0 Å². The molecule has 0 amide bonds. The smallest absolute Gasteiger partial charge is 0.122 e. The molecule has 0 bridgehead atoms. The molecule has 1 aromatic heterocycles. The van der Waals surface area contributed by atoms with Crippen molar-refractivity contribution in [3.63, 3.8) is 0 Å². The van der Waals surface area contributed by atoms with E-state index in [0.29, 0.717) is 0 Å². The lowest BCUT2D eigenvalue weighted by molar-refractivity contribution is 0.410. The van der Waals surface area contributed by atoms with Gasteiger partial charge in [0.05, 0.1) is 17.8 Å². The zero-order chi connectivity index (χ0) is 13.8. The van der Waals surface area contributed by atoms with Crippen LogP contribution in [0, 0.1) is 0 Å². The maximum atomic E-state index is 6.00. The summed E-state index contributed by atoms with van der Waals surface area (Å²) < 4.78 is 5.38. The Kier molecular flexibility index (Phi) is 4.56. The lowest BCUT2D eigenvalue weighted by Crippen LogP contribution is -2.05. The van der Waals surface area contributed by atoms with Crippen LogP contribution >= 0.6 is 11.3 Å². The molecule has 0 saturated heterocycles. The number of nitrogens with two attached hydrogens (primary N) is 1. The van der Waals surface area contributed by atoms with Crippen LogP contribution in [0.3, 0.4) is 0 Å². The van der Waals surface area contributed by atoms with Crippen LogP contribution in [0.15, 0.2) is 24.3 Å². The Labute approximate surface area is 118 Å². The van der Waals surface area contributed by atoms with E-state index in [9.17, 15) is 0 Å². The summed E-state index contributed by atoms with van der Waals surface area (Å²) in [5.74, 6) is 0.915. The lowest BCUT2D eigenvalue weighted by Gasteiger charge is -2.05. The topological polar surface area (TPSA) is 48.1 Å². The number of thiazole rings is 1. The van der Waals surface area contributed by atoms with Gasteiger partial charge in [0.25, 0.3) is 0 Å². The first kappa shape index (κ1) is 14.0. The van der Waals surface area contributed by atoms with Crippen molar-refractivity contribution in [1.29, 1.82) is 0 Å². The molecule has 102 valence electrons. The molecule has 0 aliphatic heterocycles. The molecule has 2 aromatic rings. The average molecular weight is 276 g/mol. The molecule has 1 atom stereocenters. The van der Waals surface area contributed by atoms with E-state index in [0.717, 1.165) is 34.9 Å². The normalized spacial score (nSPS) is 12.4. The van der Waals surface area contributed by atoms with Gasteiger partial charge in [0.15, 0.2) is 0 Å². The summed E-state index contributed by atoms with van der Waals surface area (Å²) >= 11 is 1.71. The summed E-state index contributed by atoms with van der Waals surface area (Å²) in [6.45, 7) is 4.13. The van der Waals surface area contributed by atoms with Crippen molar-refractivity contribution in [1.82, 2.24) is 4.98 Å². The number of aromatic nitrogens is 1. The number of hydrogen-bond donors (Lipinski definition) is 1. The van der Waals surface area contributed by atoms with E-state index < -0.39 is 0 Å². The number of nitrogens with zero attached hydrogens (tertiary/aromatic N) is 1. The first-order valence-corrected chi connectivity index (χ1v) is 7.33. The molecular weight excluding hydrogens is 256 g/mol. The maximum Gasteiger partial charge on any atom is 0.122 e. The highest BCUT2D eigenvalue weighted by atomic mass is 32.1. The number of hydrogen-bond acceptors (Lipinski definition) is 4. The van der Waals surface area contributed by atoms with Gasteiger partial charge in [-0.15, -0.1) is 11.3 Å². The predicted molar refractivity (Wildman–Crippen MR) is 79.9 cm³/mol. The molecule has 2 N–H and O–H groups in total. The van der Waals surface area contributed by atoms with Crippen LogP contribution in [-0.4, -0.2) is 12.1 Å². The van der Waals surface area contributed by atoms with Gasteiger partial charge in [-0.05, 0) is 19.4 Å². The standard InChI is InChI=1S/C15H20N2OS/c1-4-12-15(10(2)16)19-14(17-12)9-11-7-5-6-8-13(11)18-3/h5-8,10H,4,9,16H2,1-3H3. The number of benzene rings is 1. The Hall–Kier alpha value is -1.39. The van der Waals surface area contributed by atoms with Crippen molar-refractivity contribution in [3.05, 3.63) is 45.4 Å². The summed E-state index contributed by atoms with van der Waals surface area (Å²) in [6.07, 6.45) is 1.73. The minimum atomic E-state index is 0.0545. The number of ether oxygens (including phenoxy) is 1. The van der Waals surface area contributed by atoms with Gasteiger partial charge in [0, 0.05) is 22.9 Å². The van der Waals surface area contributed by atoms with Crippen LogP contribution in [0.25, 0.3) is 0 Å². The van der Waals surface area contributed by atoms with E-state index >= 15 is 0 Å². The Balaban J connectivity index is 2.28. The van der Waals surface area contributed by atoms with Crippen LogP contribution in [0.4, 0.5) is 0 Å². The van der Waals surface area contributed by atoms with Gasteiger partial charge < -0.3 is 10.5 Å². The van der Waals surface area contributed by atoms with Crippen LogP contribution < -0.4 is 10.5 Å². The Morgan fingerprint density at radius 2 is 2.11 bits per heavy atom. The molecule has 19 heavy (non-hydrogen) atoms. The SMILES string of the molecule is CCc1nc(Cc2ccccc2OC)sc1C(C)N. The molecule has 0 fully saturated rings. The van der Waals surface area contributed by atoms with Crippen LogP contribution in [0.2, 0.25) is 0 Å². The quantitative estimate of drug-likeness (QED) is 0.911. The van der Waals surface area contributed by atoms with Crippen LogP contribution in [0.1, 0.15) is 41.0 Å². The molecule has 1 aromatic carbocycles. The Morgan fingerprint density at radius 1 is 1.37 bits per heavy atom. The molecule has 0 spiro atoms. The summed E-state index contributed by atoms with van der Waals surface area (Å²) in [6, 6.07) is 8.13. The van der Waals surface area contributed by atoms with Gasteiger partial charge in [0.2, 0.25) is 0 Å². The van der Waals surface area contributed by atoms with E-state index in [2.05, 4.69) is 13.0 Å². The number of methoxy groups -OCH3 is 1. The minimum Gasteiger partial charge on any atom is -0.496 e. The van der Waals surface area contributed by atoms with Crippen molar-refractivity contribution in [2.75, 3.05) is 7.11 Å². The average Bonchev–Trinajstić information content (AvgIpc) is 2.82. The van der Waals surface area contributed by atoms with Gasteiger partial charge in [-0.25, -0.2) is 4.98 Å².